The molecule has 0 unspecified atom stereocenters. The summed E-state index contributed by atoms with van der Waals surface area (Å²) in [6.07, 6.45) is 7.68. The third kappa shape index (κ3) is 5.20. The minimum Gasteiger partial charge on any atom is -0.338 e. The number of aromatic nitrogens is 3. The number of hydrogen-bond donors (Lipinski definition) is 0. The van der Waals surface area contributed by atoms with Gasteiger partial charge in [0.2, 0.25) is 21.9 Å². The van der Waals surface area contributed by atoms with Crippen molar-refractivity contribution < 1.29 is 13.2 Å². The first-order valence-electron chi connectivity index (χ1n) is 8.57. The summed E-state index contributed by atoms with van der Waals surface area (Å²) in [5, 5.41) is 0. The average Bonchev–Trinajstić information content (AvgIpc) is 2.68. The van der Waals surface area contributed by atoms with Crippen LogP contribution in [0.15, 0.2) is 43.0 Å². The molecule has 0 aromatic carbocycles. The lowest BCUT2D eigenvalue weighted by molar-refractivity contribution is -0.131. The lowest BCUT2D eigenvalue weighted by Gasteiger charge is -2.35. The maximum absolute atomic E-state index is 12.6. The number of carbonyl (C=O) groups is 1. The molecule has 0 bridgehead atoms. The zero-order valence-electron chi connectivity index (χ0n) is 15.1. The maximum atomic E-state index is 12.6. The molecule has 1 aliphatic heterocycles. The largest absolute Gasteiger partial charge is 0.338 e. The van der Waals surface area contributed by atoms with Crippen LogP contribution < -0.4 is 4.90 Å². The molecule has 0 aliphatic carbocycles. The fraction of sp³-hybridized carbons (Fsp3) is 0.412. The molecule has 0 radical (unpaired) electrons. The van der Waals surface area contributed by atoms with Crippen LogP contribution in [0.5, 0.6) is 0 Å². The van der Waals surface area contributed by atoms with Gasteiger partial charge in [0, 0.05) is 57.5 Å². The summed E-state index contributed by atoms with van der Waals surface area (Å²) in [4.78, 5) is 28.7. The van der Waals surface area contributed by atoms with Gasteiger partial charge in [-0.05, 0) is 23.8 Å². The summed E-state index contributed by atoms with van der Waals surface area (Å²) in [6.45, 7) is 2.19. The zero-order chi connectivity index (χ0) is 19.3. The van der Waals surface area contributed by atoms with Gasteiger partial charge in [-0.3, -0.25) is 9.78 Å². The molecule has 3 heterocycles. The lowest BCUT2D eigenvalue weighted by Crippen LogP contribution is -2.52. The normalized spacial score (nSPS) is 15.2. The van der Waals surface area contributed by atoms with Gasteiger partial charge < -0.3 is 9.80 Å². The fourth-order valence-corrected chi connectivity index (χ4v) is 3.57. The van der Waals surface area contributed by atoms with Gasteiger partial charge in [-0.25, -0.2) is 18.4 Å². The van der Waals surface area contributed by atoms with Crippen LogP contribution in [0.1, 0.15) is 5.56 Å². The first kappa shape index (κ1) is 19.2. The topological polar surface area (TPSA) is 99.6 Å². The third-order valence-electron chi connectivity index (χ3n) is 4.36. The molecule has 9 nitrogen and oxygen atoms in total. The van der Waals surface area contributed by atoms with E-state index in [0.29, 0.717) is 32.1 Å². The van der Waals surface area contributed by atoms with E-state index in [9.17, 15) is 13.2 Å². The van der Waals surface area contributed by atoms with Gasteiger partial charge in [-0.15, -0.1) is 0 Å². The number of anilines is 1. The highest BCUT2D eigenvalue weighted by Crippen LogP contribution is 2.12. The van der Waals surface area contributed by atoms with Crippen molar-refractivity contribution in [2.75, 3.05) is 43.9 Å². The first-order valence-corrected chi connectivity index (χ1v) is 10.4. The molecule has 1 amide bonds. The Morgan fingerprint density at radius 1 is 1.07 bits per heavy atom. The van der Waals surface area contributed by atoms with Crippen LogP contribution in [0, 0.1) is 0 Å². The van der Waals surface area contributed by atoms with Gasteiger partial charge in [-0.1, -0.05) is 0 Å². The third-order valence-corrected chi connectivity index (χ3v) is 5.55. The second-order valence-corrected chi connectivity index (χ2v) is 8.29. The van der Waals surface area contributed by atoms with E-state index in [0.717, 1.165) is 11.8 Å². The SMILES string of the molecule is CS(=O)(=O)N(CC(=O)N1CCN(c2ncccn2)CC1)Cc1ccncc1. The van der Waals surface area contributed by atoms with Gasteiger partial charge in [0.25, 0.3) is 0 Å². The molecule has 0 atom stereocenters. The molecule has 1 fully saturated rings. The van der Waals surface area contributed by atoms with E-state index < -0.39 is 10.0 Å². The lowest BCUT2D eigenvalue weighted by atomic mass is 10.2. The highest BCUT2D eigenvalue weighted by Gasteiger charge is 2.27. The van der Waals surface area contributed by atoms with Crippen LogP contribution in [0.4, 0.5) is 5.95 Å². The van der Waals surface area contributed by atoms with Gasteiger partial charge in [0.1, 0.15) is 0 Å². The van der Waals surface area contributed by atoms with Crippen molar-refractivity contribution in [3.63, 3.8) is 0 Å². The van der Waals surface area contributed by atoms with E-state index in [2.05, 4.69) is 15.0 Å². The van der Waals surface area contributed by atoms with Crippen LogP contribution >= 0.6 is 0 Å². The molecule has 0 spiro atoms. The van der Waals surface area contributed by atoms with Crippen molar-refractivity contribution in [3.8, 4) is 0 Å². The Morgan fingerprint density at radius 2 is 1.70 bits per heavy atom. The molecule has 2 aromatic rings. The Morgan fingerprint density at radius 3 is 2.30 bits per heavy atom. The number of hydrogen-bond acceptors (Lipinski definition) is 7. The standard InChI is InChI=1S/C17H22N6O3S/c1-27(25,26)23(13-15-3-7-18-8-4-15)14-16(24)21-9-11-22(12-10-21)17-19-5-2-6-20-17/h2-8H,9-14H2,1H3. The Balaban J connectivity index is 1.60. The number of nitrogens with zero attached hydrogens (tertiary/aromatic N) is 6. The quantitative estimate of drug-likeness (QED) is 0.683. The van der Waals surface area contributed by atoms with Gasteiger partial charge in [-0.2, -0.15) is 4.31 Å². The highest BCUT2D eigenvalue weighted by atomic mass is 32.2. The van der Waals surface area contributed by atoms with Crippen molar-refractivity contribution in [2.45, 2.75) is 6.54 Å². The van der Waals surface area contributed by atoms with Gasteiger partial charge in [0.05, 0.1) is 12.8 Å². The molecule has 10 heteroatoms. The predicted molar refractivity (Wildman–Crippen MR) is 100 cm³/mol. The smallest absolute Gasteiger partial charge is 0.238 e. The summed E-state index contributed by atoms with van der Waals surface area (Å²) in [6, 6.07) is 5.23. The summed E-state index contributed by atoms with van der Waals surface area (Å²) in [7, 11) is -3.52. The second kappa shape index (κ2) is 8.40. The Bertz CT molecular complexity index is 855. The number of piperazine rings is 1. The van der Waals surface area contributed by atoms with Crippen LogP contribution in [0.25, 0.3) is 0 Å². The highest BCUT2D eigenvalue weighted by molar-refractivity contribution is 7.88. The van der Waals surface area contributed by atoms with E-state index >= 15 is 0 Å². The van der Waals surface area contributed by atoms with Gasteiger partial charge >= 0.3 is 0 Å². The van der Waals surface area contributed by atoms with Crippen molar-refractivity contribution in [1.29, 1.82) is 0 Å². The van der Waals surface area contributed by atoms with E-state index in [-0.39, 0.29) is 19.0 Å². The average molecular weight is 390 g/mol. The minimum absolute atomic E-state index is 0.144. The van der Waals surface area contributed by atoms with Crippen molar-refractivity contribution in [3.05, 3.63) is 48.5 Å². The molecule has 27 heavy (non-hydrogen) atoms. The molecule has 2 aromatic heterocycles. The Labute approximate surface area is 158 Å². The van der Waals surface area contributed by atoms with Crippen molar-refractivity contribution >= 4 is 21.9 Å². The van der Waals surface area contributed by atoms with Crippen LogP contribution in [-0.4, -0.2) is 77.5 Å². The number of amides is 1. The number of pyridine rings is 1. The van der Waals surface area contributed by atoms with Crippen LogP contribution in [0.2, 0.25) is 0 Å². The van der Waals surface area contributed by atoms with Crippen LogP contribution in [-0.2, 0) is 21.4 Å². The number of rotatable bonds is 6. The summed E-state index contributed by atoms with van der Waals surface area (Å²) in [5.74, 6) is 0.433. The molecular weight excluding hydrogens is 368 g/mol. The molecule has 1 aliphatic rings. The summed E-state index contributed by atoms with van der Waals surface area (Å²) < 4.78 is 25.4. The minimum atomic E-state index is -3.52. The maximum Gasteiger partial charge on any atom is 0.238 e. The molecule has 1 saturated heterocycles. The Hall–Kier alpha value is -2.59. The van der Waals surface area contributed by atoms with Crippen LogP contribution in [0.3, 0.4) is 0 Å². The van der Waals surface area contributed by atoms with Crippen molar-refractivity contribution in [1.82, 2.24) is 24.2 Å². The Kier molecular flexibility index (Phi) is 5.97. The van der Waals surface area contributed by atoms with Gasteiger partial charge in [0.15, 0.2) is 0 Å². The second-order valence-electron chi connectivity index (χ2n) is 6.30. The van der Waals surface area contributed by atoms with E-state index in [1.807, 2.05) is 4.90 Å². The summed E-state index contributed by atoms with van der Waals surface area (Å²) >= 11 is 0. The predicted octanol–water partition coefficient (Wildman–Crippen LogP) is -0.0180. The number of sulfonamides is 1. The zero-order valence-corrected chi connectivity index (χ0v) is 15.9. The molecular formula is C17H22N6O3S. The number of carbonyl (C=O) groups excluding carboxylic acids is 1. The molecule has 0 N–H and O–H groups in total. The van der Waals surface area contributed by atoms with Crippen molar-refractivity contribution in [2.24, 2.45) is 0 Å². The van der Waals surface area contributed by atoms with E-state index in [1.165, 1.54) is 4.31 Å². The summed E-state index contributed by atoms with van der Waals surface area (Å²) in [5.41, 5.74) is 0.786. The van der Waals surface area contributed by atoms with E-state index in [1.54, 1.807) is 47.9 Å². The molecule has 0 saturated carbocycles. The molecule has 3 rings (SSSR count). The monoisotopic (exact) mass is 390 g/mol. The fourth-order valence-electron chi connectivity index (χ4n) is 2.84. The molecule has 144 valence electrons. The first-order chi connectivity index (χ1) is 12.9. The van der Waals surface area contributed by atoms with E-state index in [4.69, 9.17) is 0 Å².